The van der Waals surface area contributed by atoms with Crippen molar-refractivity contribution in [2.24, 2.45) is 0 Å². The minimum Gasteiger partial charge on any atom is -0.339 e. The molecule has 30 heavy (non-hydrogen) atoms. The lowest BCUT2D eigenvalue weighted by Crippen LogP contribution is -3.11. The van der Waals surface area contributed by atoms with Crippen molar-refractivity contribution in [3.05, 3.63) is 59.9 Å². The molecular formula is C22H28FN4O3+. The lowest BCUT2D eigenvalue weighted by atomic mass is 10.1. The molecule has 0 aliphatic carbocycles. The Labute approximate surface area is 175 Å². The molecule has 0 aliphatic rings. The van der Waals surface area contributed by atoms with Crippen LogP contribution in [-0.4, -0.2) is 55.8 Å². The van der Waals surface area contributed by atoms with E-state index in [2.05, 4.69) is 10.6 Å². The van der Waals surface area contributed by atoms with Gasteiger partial charge < -0.3 is 20.4 Å². The molecule has 2 rings (SSSR count). The van der Waals surface area contributed by atoms with Crippen molar-refractivity contribution in [2.75, 3.05) is 43.9 Å². The van der Waals surface area contributed by atoms with E-state index in [1.165, 1.54) is 18.2 Å². The van der Waals surface area contributed by atoms with Crippen LogP contribution in [0, 0.1) is 5.82 Å². The first-order chi connectivity index (χ1) is 14.3. The van der Waals surface area contributed by atoms with Crippen LogP contribution >= 0.6 is 0 Å². The van der Waals surface area contributed by atoms with Crippen molar-refractivity contribution in [2.45, 2.75) is 13.8 Å². The van der Waals surface area contributed by atoms with Crippen LogP contribution in [0.2, 0.25) is 0 Å². The van der Waals surface area contributed by atoms with E-state index in [9.17, 15) is 18.8 Å². The molecule has 0 radical (unpaired) electrons. The lowest BCUT2D eigenvalue weighted by molar-refractivity contribution is -0.862. The number of nitrogens with zero attached hydrogens (tertiary/aromatic N) is 1. The third kappa shape index (κ3) is 6.97. The molecule has 8 heteroatoms. The summed E-state index contributed by atoms with van der Waals surface area (Å²) >= 11 is 0. The third-order valence-electron chi connectivity index (χ3n) is 4.48. The Balaban J connectivity index is 1.88. The fraction of sp³-hybridized carbons (Fsp3) is 0.318. The molecule has 0 heterocycles. The Morgan fingerprint density at radius 3 is 1.97 bits per heavy atom. The van der Waals surface area contributed by atoms with E-state index in [4.69, 9.17) is 0 Å². The van der Waals surface area contributed by atoms with Crippen molar-refractivity contribution in [1.82, 2.24) is 4.90 Å². The number of carbonyl (C=O) groups excluding carboxylic acids is 3. The average molecular weight is 415 g/mol. The quantitative estimate of drug-likeness (QED) is 0.579. The first-order valence-corrected chi connectivity index (χ1v) is 9.88. The zero-order valence-corrected chi connectivity index (χ0v) is 17.5. The van der Waals surface area contributed by atoms with Crippen molar-refractivity contribution in [3.8, 4) is 0 Å². The normalized spacial score (nSPS) is 11.5. The maximum atomic E-state index is 13.2. The lowest BCUT2D eigenvalue weighted by Gasteiger charge is -2.19. The summed E-state index contributed by atoms with van der Waals surface area (Å²) in [5.74, 6) is -1.13. The van der Waals surface area contributed by atoms with Crippen LogP contribution in [0.3, 0.4) is 0 Å². The number of hydrogen-bond acceptors (Lipinski definition) is 3. The first kappa shape index (κ1) is 23.0. The first-order valence-electron chi connectivity index (χ1n) is 9.88. The van der Waals surface area contributed by atoms with Gasteiger partial charge in [0.15, 0.2) is 13.1 Å². The number of amides is 3. The summed E-state index contributed by atoms with van der Waals surface area (Å²) in [5, 5.41) is 5.37. The van der Waals surface area contributed by atoms with Crippen molar-refractivity contribution in [1.29, 1.82) is 0 Å². The van der Waals surface area contributed by atoms with E-state index < -0.39 is 5.82 Å². The summed E-state index contributed by atoms with van der Waals surface area (Å²) < 4.78 is 13.2. The Kier molecular flexibility index (Phi) is 8.49. The van der Waals surface area contributed by atoms with Gasteiger partial charge in [0.2, 0.25) is 0 Å². The van der Waals surface area contributed by atoms with Crippen molar-refractivity contribution < 1.29 is 23.7 Å². The number of nitrogens with one attached hydrogen (secondary N) is 3. The SMILES string of the molecule is CCN(CC)C(=O)c1cccc(NC(=O)C[NH+](C)CC(=O)Nc2cccc(F)c2)c1. The molecule has 3 N–H and O–H groups in total. The number of likely N-dealkylation sites (N-methyl/N-ethyl adjacent to an activating group) is 1. The molecule has 0 aliphatic heterocycles. The van der Waals surface area contributed by atoms with E-state index in [0.29, 0.717) is 34.9 Å². The van der Waals surface area contributed by atoms with Gasteiger partial charge >= 0.3 is 0 Å². The highest BCUT2D eigenvalue weighted by molar-refractivity contribution is 5.97. The molecule has 7 nitrogen and oxygen atoms in total. The van der Waals surface area contributed by atoms with Gasteiger partial charge in [-0.3, -0.25) is 14.4 Å². The molecule has 2 aromatic carbocycles. The van der Waals surface area contributed by atoms with E-state index in [-0.39, 0.29) is 30.8 Å². The Morgan fingerprint density at radius 1 is 0.900 bits per heavy atom. The number of quaternary nitrogens is 1. The molecule has 1 atom stereocenters. The highest BCUT2D eigenvalue weighted by atomic mass is 19.1. The highest BCUT2D eigenvalue weighted by Gasteiger charge is 2.16. The number of halogens is 1. The summed E-state index contributed by atoms with van der Waals surface area (Å²) in [6.45, 7) is 5.15. The molecule has 0 bridgehead atoms. The monoisotopic (exact) mass is 415 g/mol. The summed E-state index contributed by atoms with van der Waals surface area (Å²) in [4.78, 5) is 39.2. The zero-order valence-electron chi connectivity index (χ0n) is 17.5. The summed E-state index contributed by atoms with van der Waals surface area (Å²) in [6.07, 6.45) is 0. The van der Waals surface area contributed by atoms with Gasteiger partial charge in [-0.25, -0.2) is 4.39 Å². The van der Waals surface area contributed by atoms with E-state index in [0.717, 1.165) is 0 Å². The molecule has 0 fully saturated rings. The van der Waals surface area contributed by atoms with Gasteiger partial charge in [-0.1, -0.05) is 12.1 Å². The molecule has 0 saturated carbocycles. The second kappa shape index (κ2) is 11.1. The molecule has 160 valence electrons. The minimum absolute atomic E-state index is 0.0461. The molecule has 2 aromatic rings. The number of rotatable bonds is 9. The van der Waals surface area contributed by atoms with Gasteiger partial charge in [0.05, 0.1) is 7.05 Å². The second-order valence-corrected chi connectivity index (χ2v) is 6.98. The summed E-state index contributed by atoms with van der Waals surface area (Å²) in [6, 6.07) is 12.4. The number of carbonyl (C=O) groups is 3. The van der Waals surface area contributed by atoms with E-state index in [1.54, 1.807) is 42.3 Å². The maximum absolute atomic E-state index is 13.2. The van der Waals surface area contributed by atoms with Crippen LogP contribution < -0.4 is 15.5 Å². The number of anilines is 2. The third-order valence-corrected chi connectivity index (χ3v) is 4.48. The standard InChI is InChI=1S/C22H27FN4O3/c1-4-27(5-2)22(30)16-8-6-10-18(12-16)24-20(28)14-26(3)15-21(29)25-19-11-7-9-17(23)13-19/h6-13H,4-5,14-15H2,1-3H3,(H,24,28)(H,25,29)/p+1. The van der Waals surface area contributed by atoms with Crippen molar-refractivity contribution in [3.63, 3.8) is 0 Å². The number of benzene rings is 2. The molecule has 0 aromatic heterocycles. The fourth-order valence-corrected chi connectivity index (χ4v) is 3.01. The van der Waals surface area contributed by atoms with Crippen LogP contribution in [0.4, 0.5) is 15.8 Å². The smallest absolute Gasteiger partial charge is 0.279 e. The van der Waals surface area contributed by atoms with Crippen LogP contribution in [0.15, 0.2) is 48.5 Å². The molecule has 0 saturated heterocycles. The minimum atomic E-state index is -0.436. The predicted octanol–water partition coefficient (Wildman–Crippen LogP) is 1.40. The highest BCUT2D eigenvalue weighted by Crippen LogP contribution is 2.13. The second-order valence-electron chi connectivity index (χ2n) is 6.98. The Morgan fingerprint density at radius 2 is 1.43 bits per heavy atom. The topological polar surface area (TPSA) is 83.0 Å². The van der Waals surface area contributed by atoms with Gasteiger partial charge in [-0.05, 0) is 50.2 Å². The van der Waals surface area contributed by atoms with Gasteiger partial charge in [0.1, 0.15) is 5.82 Å². The van der Waals surface area contributed by atoms with Gasteiger partial charge in [-0.15, -0.1) is 0 Å². The molecule has 1 unspecified atom stereocenters. The zero-order chi connectivity index (χ0) is 22.1. The number of hydrogen-bond donors (Lipinski definition) is 3. The summed E-state index contributed by atoms with van der Waals surface area (Å²) in [5.41, 5.74) is 1.40. The average Bonchev–Trinajstić information content (AvgIpc) is 2.68. The fourth-order valence-electron chi connectivity index (χ4n) is 3.01. The Bertz CT molecular complexity index is 899. The van der Waals surface area contributed by atoms with Gasteiger partial charge in [-0.2, -0.15) is 0 Å². The Hall–Kier alpha value is -3.26. The van der Waals surface area contributed by atoms with Crippen LogP contribution in [-0.2, 0) is 9.59 Å². The molecule has 3 amide bonds. The van der Waals surface area contributed by atoms with Gasteiger partial charge in [0.25, 0.3) is 17.7 Å². The van der Waals surface area contributed by atoms with Gasteiger partial charge in [0, 0.05) is 30.0 Å². The predicted molar refractivity (Wildman–Crippen MR) is 114 cm³/mol. The maximum Gasteiger partial charge on any atom is 0.279 e. The molecular weight excluding hydrogens is 387 g/mol. The van der Waals surface area contributed by atoms with Crippen LogP contribution in [0.5, 0.6) is 0 Å². The van der Waals surface area contributed by atoms with E-state index in [1.807, 2.05) is 13.8 Å². The van der Waals surface area contributed by atoms with Crippen LogP contribution in [0.1, 0.15) is 24.2 Å². The van der Waals surface area contributed by atoms with Crippen molar-refractivity contribution >= 4 is 29.1 Å². The largest absolute Gasteiger partial charge is 0.339 e. The van der Waals surface area contributed by atoms with E-state index >= 15 is 0 Å². The molecule has 0 spiro atoms. The van der Waals surface area contributed by atoms with Crippen LogP contribution in [0.25, 0.3) is 0 Å². The summed E-state index contributed by atoms with van der Waals surface area (Å²) in [7, 11) is 1.71.